The van der Waals surface area contributed by atoms with Crippen LogP contribution >= 0.6 is 23.2 Å². The summed E-state index contributed by atoms with van der Waals surface area (Å²) in [5, 5.41) is 8.34. The third kappa shape index (κ3) is 4.24. The Morgan fingerprint density at radius 2 is 1.83 bits per heavy atom. The number of nitrogens with zero attached hydrogens (tertiary/aromatic N) is 2. The van der Waals surface area contributed by atoms with Crippen LogP contribution in [0.1, 0.15) is 18.4 Å². The van der Waals surface area contributed by atoms with Gasteiger partial charge in [-0.25, -0.2) is 0 Å². The van der Waals surface area contributed by atoms with Gasteiger partial charge in [0, 0.05) is 13.7 Å². The highest BCUT2D eigenvalue weighted by Gasteiger charge is 2.44. The number of benzene rings is 2. The van der Waals surface area contributed by atoms with Crippen LogP contribution in [0, 0.1) is 0 Å². The van der Waals surface area contributed by atoms with E-state index in [1.807, 2.05) is 18.2 Å². The molecule has 2 aliphatic rings. The number of hydrogen-bond donors (Lipinski definition) is 2. The Hall–Kier alpha value is -1.79. The maximum Gasteiger partial charge on any atom is 0.130 e. The Kier molecular flexibility index (Phi) is 6.30. The van der Waals surface area contributed by atoms with Crippen LogP contribution in [-0.4, -0.2) is 44.7 Å². The molecule has 2 heterocycles. The number of ether oxygens (including phenoxy) is 1. The predicted molar refractivity (Wildman–Crippen MR) is 122 cm³/mol. The van der Waals surface area contributed by atoms with E-state index in [9.17, 15) is 0 Å². The number of aliphatic imine (C=N–C) groups is 1. The standard InChI is InChI=1S/C22H26Cl2N4O/c1-29-12-11-28-20-14-18(24)17(23)13-19(20)27-22(7-9-25-10-8-22)21(28)26-15-16-5-3-2-4-6-16/h2-6,13-14,25,27H,7-12,15H2,1H3. The summed E-state index contributed by atoms with van der Waals surface area (Å²) >= 11 is 12.7. The van der Waals surface area contributed by atoms with Crippen LogP contribution in [0.4, 0.5) is 11.4 Å². The first kappa shape index (κ1) is 20.5. The second-order valence-electron chi connectivity index (χ2n) is 7.51. The molecule has 0 saturated carbocycles. The summed E-state index contributed by atoms with van der Waals surface area (Å²) in [6.07, 6.45) is 1.90. The maximum absolute atomic E-state index is 6.38. The average molecular weight is 433 g/mol. The molecule has 29 heavy (non-hydrogen) atoms. The molecule has 0 bridgehead atoms. The number of nitrogens with one attached hydrogen (secondary N) is 2. The molecule has 2 aromatic carbocycles. The molecule has 2 aliphatic heterocycles. The largest absolute Gasteiger partial charge is 0.383 e. The molecular weight excluding hydrogens is 407 g/mol. The highest BCUT2D eigenvalue weighted by Crippen LogP contribution is 2.43. The van der Waals surface area contributed by atoms with Crippen molar-refractivity contribution in [1.29, 1.82) is 0 Å². The molecule has 4 rings (SSSR count). The van der Waals surface area contributed by atoms with E-state index < -0.39 is 0 Å². The maximum atomic E-state index is 6.38. The zero-order chi connectivity index (χ0) is 20.3. The van der Waals surface area contributed by atoms with Gasteiger partial charge in [-0.15, -0.1) is 0 Å². The van der Waals surface area contributed by atoms with Gasteiger partial charge in [0.15, 0.2) is 0 Å². The van der Waals surface area contributed by atoms with Gasteiger partial charge in [0.05, 0.1) is 40.1 Å². The lowest BCUT2D eigenvalue weighted by molar-refractivity contribution is 0.207. The molecule has 2 aromatic rings. The molecule has 7 heteroatoms. The Bertz CT molecular complexity index is 882. The molecule has 1 saturated heterocycles. The van der Waals surface area contributed by atoms with Crippen molar-refractivity contribution in [2.24, 2.45) is 4.99 Å². The van der Waals surface area contributed by atoms with Crippen molar-refractivity contribution in [2.75, 3.05) is 43.6 Å². The highest BCUT2D eigenvalue weighted by molar-refractivity contribution is 6.42. The van der Waals surface area contributed by atoms with Gasteiger partial charge >= 0.3 is 0 Å². The van der Waals surface area contributed by atoms with Gasteiger partial charge < -0.3 is 20.3 Å². The topological polar surface area (TPSA) is 48.9 Å². The van der Waals surface area contributed by atoms with E-state index >= 15 is 0 Å². The van der Waals surface area contributed by atoms with Crippen LogP contribution in [-0.2, 0) is 11.3 Å². The van der Waals surface area contributed by atoms with E-state index in [0.29, 0.717) is 29.7 Å². The highest BCUT2D eigenvalue weighted by atomic mass is 35.5. The third-order valence-electron chi connectivity index (χ3n) is 5.62. The fourth-order valence-corrected chi connectivity index (χ4v) is 4.46. The van der Waals surface area contributed by atoms with Crippen LogP contribution < -0.4 is 15.5 Å². The van der Waals surface area contributed by atoms with Crippen LogP contribution in [0.3, 0.4) is 0 Å². The van der Waals surface area contributed by atoms with Crippen LogP contribution in [0.5, 0.6) is 0 Å². The normalized spacial score (nSPS) is 19.3. The van der Waals surface area contributed by atoms with Gasteiger partial charge in [0.25, 0.3) is 0 Å². The average Bonchev–Trinajstić information content (AvgIpc) is 2.74. The summed E-state index contributed by atoms with van der Waals surface area (Å²) in [5.74, 6) is 1.05. The summed E-state index contributed by atoms with van der Waals surface area (Å²) in [7, 11) is 1.72. The molecule has 2 N–H and O–H groups in total. The van der Waals surface area contributed by atoms with E-state index in [1.165, 1.54) is 5.56 Å². The van der Waals surface area contributed by atoms with E-state index in [4.69, 9.17) is 32.9 Å². The molecule has 154 valence electrons. The van der Waals surface area contributed by atoms with E-state index in [2.05, 4.69) is 39.8 Å². The van der Waals surface area contributed by atoms with Crippen molar-refractivity contribution < 1.29 is 4.74 Å². The van der Waals surface area contributed by atoms with Crippen LogP contribution in [0.2, 0.25) is 10.0 Å². The monoisotopic (exact) mass is 432 g/mol. The Morgan fingerprint density at radius 3 is 2.55 bits per heavy atom. The zero-order valence-electron chi connectivity index (χ0n) is 16.5. The van der Waals surface area contributed by atoms with Crippen molar-refractivity contribution in [3.05, 3.63) is 58.1 Å². The SMILES string of the molecule is COCCN1C(=NCc2ccccc2)C2(CCNCC2)Nc2cc(Cl)c(Cl)cc21. The number of anilines is 2. The minimum Gasteiger partial charge on any atom is -0.383 e. The number of methoxy groups -OCH3 is 1. The first-order valence-electron chi connectivity index (χ1n) is 9.96. The van der Waals surface area contributed by atoms with Gasteiger partial charge in [0.1, 0.15) is 5.84 Å². The van der Waals surface area contributed by atoms with Crippen LogP contribution in [0.15, 0.2) is 47.5 Å². The van der Waals surface area contributed by atoms with Crippen molar-refractivity contribution >= 4 is 40.4 Å². The number of rotatable bonds is 5. The summed E-state index contributed by atoms with van der Waals surface area (Å²) in [4.78, 5) is 7.39. The Morgan fingerprint density at radius 1 is 1.10 bits per heavy atom. The molecule has 0 aromatic heterocycles. The molecule has 0 amide bonds. The lowest BCUT2D eigenvalue weighted by Gasteiger charge is -2.49. The van der Waals surface area contributed by atoms with Crippen molar-refractivity contribution in [3.63, 3.8) is 0 Å². The first-order chi connectivity index (χ1) is 14.1. The van der Waals surface area contributed by atoms with Gasteiger partial charge in [-0.05, 0) is 43.6 Å². The van der Waals surface area contributed by atoms with E-state index in [1.54, 1.807) is 7.11 Å². The lowest BCUT2D eigenvalue weighted by Crippen LogP contribution is -2.62. The molecule has 5 nitrogen and oxygen atoms in total. The van der Waals surface area contributed by atoms with Gasteiger partial charge in [-0.2, -0.15) is 0 Å². The summed E-state index contributed by atoms with van der Waals surface area (Å²) in [5.41, 5.74) is 2.94. The number of piperidine rings is 1. The quantitative estimate of drug-likeness (QED) is 0.724. The molecule has 0 aliphatic carbocycles. The minimum absolute atomic E-state index is 0.238. The van der Waals surface area contributed by atoms with Gasteiger partial charge in [0.2, 0.25) is 0 Å². The summed E-state index contributed by atoms with van der Waals surface area (Å²) in [6, 6.07) is 14.2. The Labute approximate surface area is 182 Å². The molecule has 0 atom stereocenters. The number of amidine groups is 1. The van der Waals surface area contributed by atoms with Gasteiger partial charge in [-0.3, -0.25) is 4.99 Å². The number of halogens is 2. The smallest absolute Gasteiger partial charge is 0.130 e. The predicted octanol–water partition coefficient (Wildman–Crippen LogP) is 4.59. The van der Waals surface area contributed by atoms with Crippen molar-refractivity contribution in [2.45, 2.75) is 24.9 Å². The first-order valence-corrected chi connectivity index (χ1v) is 10.7. The second kappa shape index (κ2) is 8.92. The fourth-order valence-electron chi connectivity index (χ4n) is 4.14. The fraction of sp³-hybridized carbons (Fsp3) is 0.409. The number of fused-ring (bicyclic) bond motifs is 1. The van der Waals surface area contributed by atoms with Gasteiger partial charge in [-0.1, -0.05) is 53.5 Å². The minimum atomic E-state index is -0.238. The summed E-state index contributed by atoms with van der Waals surface area (Å²) in [6.45, 7) is 3.80. The molecule has 0 radical (unpaired) electrons. The Balaban J connectivity index is 1.80. The molecular formula is C22H26Cl2N4O. The summed E-state index contributed by atoms with van der Waals surface area (Å²) < 4.78 is 5.41. The molecule has 1 spiro atoms. The number of hydrogen-bond acceptors (Lipinski definition) is 4. The lowest BCUT2D eigenvalue weighted by atomic mass is 9.83. The van der Waals surface area contributed by atoms with Crippen molar-refractivity contribution in [3.8, 4) is 0 Å². The van der Waals surface area contributed by atoms with E-state index in [0.717, 1.165) is 43.1 Å². The molecule has 0 unspecified atom stereocenters. The molecule has 1 fully saturated rings. The van der Waals surface area contributed by atoms with E-state index in [-0.39, 0.29) is 5.54 Å². The second-order valence-corrected chi connectivity index (χ2v) is 8.32. The zero-order valence-corrected chi connectivity index (χ0v) is 18.1. The van der Waals surface area contributed by atoms with Crippen LogP contribution in [0.25, 0.3) is 0 Å². The van der Waals surface area contributed by atoms with Crippen molar-refractivity contribution in [1.82, 2.24) is 5.32 Å². The third-order valence-corrected chi connectivity index (χ3v) is 6.34.